The SMILES string of the molecule is COc1ccc(NC(=O)CN2C(=O)S/C(=C/c3cc(Br)c(OC)c(OC)c3)C2=O)cc1Cl. The van der Waals surface area contributed by atoms with Crippen molar-refractivity contribution in [2.75, 3.05) is 33.2 Å². The summed E-state index contributed by atoms with van der Waals surface area (Å²) in [6.45, 7) is -0.429. The van der Waals surface area contributed by atoms with Crippen molar-refractivity contribution in [2.45, 2.75) is 0 Å². The van der Waals surface area contributed by atoms with Gasteiger partial charge >= 0.3 is 0 Å². The van der Waals surface area contributed by atoms with Gasteiger partial charge in [-0.25, -0.2) is 0 Å². The Morgan fingerprint density at radius 2 is 1.84 bits per heavy atom. The molecule has 3 amide bonds. The summed E-state index contributed by atoms with van der Waals surface area (Å²) in [4.78, 5) is 38.6. The molecule has 8 nitrogen and oxygen atoms in total. The Hall–Kier alpha value is -2.69. The molecular weight excluding hydrogens is 524 g/mol. The Balaban J connectivity index is 1.74. The molecule has 11 heteroatoms. The van der Waals surface area contributed by atoms with Crippen LogP contribution in [-0.4, -0.2) is 49.8 Å². The van der Waals surface area contributed by atoms with Crippen molar-refractivity contribution in [3.05, 3.63) is 50.3 Å². The van der Waals surface area contributed by atoms with E-state index in [9.17, 15) is 14.4 Å². The van der Waals surface area contributed by atoms with Gasteiger partial charge in [-0.15, -0.1) is 0 Å². The average Bonchev–Trinajstić information content (AvgIpc) is 3.00. The molecule has 0 aliphatic carbocycles. The van der Waals surface area contributed by atoms with Crippen LogP contribution in [-0.2, 0) is 9.59 Å². The lowest BCUT2D eigenvalue weighted by Gasteiger charge is -2.13. The minimum Gasteiger partial charge on any atom is -0.495 e. The molecule has 0 bridgehead atoms. The Bertz CT molecular complexity index is 1120. The molecule has 1 saturated heterocycles. The van der Waals surface area contributed by atoms with E-state index in [1.165, 1.54) is 27.4 Å². The maximum atomic E-state index is 12.7. The minimum absolute atomic E-state index is 0.189. The Morgan fingerprint density at radius 1 is 1.12 bits per heavy atom. The van der Waals surface area contributed by atoms with E-state index in [0.717, 1.165) is 16.7 Å². The van der Waals surface area contributed by atoms with Crippen LogP contribution in [0.3, 0.4) is 0 Å². The molecule has 2 aromatic carbocycles. The summed E-state index contributed by atoms with van der Waals surface area (Å²) < 4.78 is 16.3. The lowest BCUT2D eigenvalue weighted by Crippen LogP contribution is -2.36. The van der Waals surface area contributed by atoms with E-state index in [2.05, 4.69) is 21.2 Å². The van der Waals surface area contributed by atoms with E-state index < -0.39 is 23.6 Å². The fourth-order valence-corrected chi connectivity index (χ4v) is 4.61. The maximum absolute atomic E-state index is 12.7. The number of halogens is 2. The number of hydrogen-bond acceptors (Lipinski definition) is 7. The molecule has 0 spiro atoms. The molecule has 2 aromatic rings. The van der Waals surface area contributed by atoms with Crippen molar-refractivity contribution in [1.82, 2.24) is 4.90 Å². The molecule has 0 atom stereocenters. The Labute approximate surface area is 202 Å². The maximum Gasteiger partial charge on any atom is 0.294 e. The van der Waals surface area contributed by atoms with Crippen LogP contribution < -0.4 is 19.5 Å². The van der Waals surface area contributed by atoms with Crippen LogP contribution in [0.5, 0.6) is 17.2 Å². The number of methoxy groups -OCH3 is 3. The second-order valence-corrected chi connectivity index (χ2v) is 8.66. The number of anilines is 1. The summed E-state index contributed by atoms with van der Waals surface area (Å²) in [5.74, 6) is 0.331. The molecule has 1 fully saturated rings. The van der Waals surface area contributed by atoms with Crippen LogP contribution >= 0.6 is 39.3 Å². The first-order valence-corrected chi connectivity index (χ1v) is 11.1. The fraction of sp³-hybridized carbons (Fsp3) is 0.190. The number of thioether (sulfide) groups is 1. The van der Waals surface area contributed by atoms with Gasteiger partial charge in [0.2, 0.25) is 5.91 Å². The first-order valence-electron chi connectivity index (χ1n) is 9.07. The van der Waals surface area contributed by atoms with Gasteiger partial charge in [-0.05, 0) is 69.7 Å². The van der Waals surface area contributed by atoms with Gasteiger partial charge in [-0.2, -0.15) is 0 Å². The highest BCUT2D eigenvalue weighted by Gasteiger charge is 2.36. The Kier molecular flexibility index (Phi) is 7.70. The van der Waals surface area contributed by atoms with E-state index >= 15 is 0 Å². The minimum atomic E-state index is -0.561. The van der Waals surface area contributed by atoms with Crippen molar-refractivity contribution in [3.63, 3.8) is 0 Å². The summed E-state index contributed by atoms with van der Waals surface area (Å²) in [6, 6.07) is 8.13. The van der Waals surface area contributed by atoms with Gasteiger partial charge in [0.1, 0.15) is 12.3 Å². The number of imide groups is 1. The van der Waals surface area contributed by atoms with Gasteiger partial charge in [0, 0.05) is 5.69 Å². The molecule has 32 heavy (non-hydrogen) atoms. The molecule has 0 unspecified atom stereocenters. The fourth-order valence-electron chi connectivity index (χ4n) is 2.90. The van der Waals surface area contributed by atoms with Crippen LogP contribution in [0.15, 0.2) is 39.7 Å². The first kappa shape index (κ1) is 24.0. The smallest absolute Gasteiger partial charge is 0.294 e. The van der Waals surface area contributed by atoms with Crippen molar-refractivity contribution in [1.29, 1.82) is 0 Å². The zero-order valence-corrected chi connectivity index (χ0v) is 20.4. The molecule has 3 rings (SSSR count). The van der Waals surface area contributed by atoms with E-state index in [0.29, 0.717) is 38.0 Å². The molecule has 1 heterocycles. The number of nitrogens with zero attached hydrogens (tertiary/aromatic N) is 1. The van der Waals surface area contributed by atoms with E-state index in [-0.39, 0.29) is 4.91 Å². The van der Waals surface area contributed by atoms with Gasteiger partial charge in [-0.3, -0.25) is 19.3 Å². The third-order valence-electron chi connectivity index (χ3n) is 4.36. The second kappa shape index (κ2) is 10.3. The highest BCUT2D eigenvalue weighted by atomic mass is 79.9. The van der Waals surface area contributed by atoms with Gasteiger partial charge in [0.25, 0.3) is 11.1 Å². The summed E-state index contributed by atoms with van der Waals surface area (Å²) >= 11 is 10.2. The number of rotatable bonds is 7. The summed E-state index contributed by atoms with van der Waals surface area (Å²) in [5, 5.41) is 2.39. The van der Waals surface area contributed by atoms with Gasteiger partial charge in [0.05, 0.1) is 35.7 Å². The topological polar surface area (TPSA) is 94.2 Å². The van der Waals surface area contributed by atoms with Gasteiger partial charge < -0.3 is 19.5 Å². The highest BCUT2D eigenvalue weighted by Crippen LogP contribution is 2.38. The molecule has 1 aliphatic rings. The van der Waals surface area contributed by atoms with E-state index in [4.69, 9.17) is 25.8 Å². The lowest BCUT2D eigenvalue weighted by molar-refractivity contribution is -0.127. The van der Waals surface area contributed by atoms with E-state index in [1.54, 1.807) is 30.3 Å². The zero-order valence-electron chi connectivity index (χ0n) is 17.2. The molecule has 1 aliphatic heterocycles. The number of carbonyl (C=O) groups is 3. The molecule has 168 valence electrons. The summed E-state index contributed by atoms with van der Waals surface area (Å²) in [5.41, 5.74) is 1.04. The zero-order chi connectivity index (χ0) is 23.4. The lowest BCUT2D eigenvalue weighted by atomic mass is 10.2. The van der Waals surface area contributed by atoms with Crippen LogP contribution in [0, 0.1) is 0 Å². The largest absolute Gasteiger partial charge is 0.495 e. The quantitative estimate of drug-likeness (QED) is 0.503. The number of carbonyl (C=O) groups excluding carboxylic acids is 3. The van der Waals surface area contributed by atoms with Crippen molar-refractivity contribution >= 4 is 68.1 Å². The van der Waals surface area contributed by atoms with Crippen LogP contribution in [0.1, 0.15) is 5.56 Å². The first-order chi connectivity index (χ1) is 15.3. The average molecular weight is 542 g/mol. The predicted octanol–water partition coefficient (Wildman–Crippen LogP) is 4.80. The van der Waals surface area contributed by atoms with Crippen molar-refractivity contribution in [3.8, 4) is 17.2 Å². The number of benzene rings is 2. The van der Waals surface area contributed by atoms with Crippen LogP contribution in [0.4, 0.5) is 10.5 Å². The third kappa shape index (κ3) is 5.20. The molecule has 1 N–H and O–H groups in total. The number of ether oxygens (including phenoxy) is 3. The monoisotopic (exact) mass is 540 g/mol. The highest BCUT2D eigenvalue weighted by molar-refractivity contribution is 9.10. The van der Waals surface area contributed by atoms with Crippen LogP contribution in [0.25, 0.3) is 6.08 Å². The van der Waals surface area contributed by atoms with Crippen LogP contribution in [0.2, 0.25) is 5.02 Å². The third-order valence-corrected chi connectivity index (χ3v) is 6.16. The van der Waals surface area contributed by atoms with E-state index in [1.807, 2.05) is 0 Å². The molecule has 0 saturated carbocycles. The summed E-state index contributed by atoms with van der Waals surface area (Å²) in [6.07, 6.45) is 1.55. The summed E-state index contributed by atoms with van der Waals surface area (Å²) in [7, 11) is 4.49. The number of nitrogens with one attached hydrogen (secondary N) is 1. The predicted molar refractivity (Wildman–Crippen MR) is 127 cm³/mol. The standard InChI is InChI=1S/C21H18BrClN2O6S/c1-29-15-5-4-12(9-14(15)23)24-18(26)10-25-20(27)17(32-21(25)28)8-11-6-13(22)19(31-3)16(7-11)30-2/h4-9H,10H2,1-3H3,(H,24,26)/b17-8+. The van der Waals surface area contributed by atoms with Gasteiger partial charge in [0.15, 0.2) is 11.5 Å². The normalized spacial score (nSPS) is 14.7. The number of hydrogen-bond donors (Lipinski definition) is 1. The van der Waals surface area contributed by atoms with Crippen molar-refractivity contribution < 1.29 is 28.6 Å². The van der Waals surface area contributed by atoms with Crippen molar-refractivity contribution in [2.24, 2.45) is 0 Å². The Morgan fingerprint density at radius 3 is 2.47 bits per heavy atom. The number of amides is 3. The molecule has 0 aromatic heterocycles. The van der Waals surface area contributed by atoms with Gasteiger partial charge in [-0.1, -0.05) is 11.6 Å². The molecule has 0 radical (unpaired) electrons. The molecular formula is C21H18BrClN2O6S. The second-order valence-electron chi connectivity index (χ2n) is 6.40.